The van der Waals surface area contributed by atoms with Gasteiger partial charge in [0.25, 0.3) is 0 Å². The molecule has 1 aliphatic heterocycles. The van der Waals surface area contributed by atoms with Crippen molar-refractivity contribution in [1.29, 1.82) is 0 Å². The van der Waals surface area contributed by atoms with Gasteiger partial charge in [0.05, 0.1) is 18.3 Å². The van der Waals surface area contributed by atoms with Crippen molar-refractivity contribution in [2.75, 3.05) is 26.2 Å². The van der Waals surface area contributed by atoms with Crippen molar-refractivity contribution in [3.8, 4) is 0 Å². The van der Waals surface area contributed by atoms with Gasteiger partial charge in [0, 0.05) is 38.2 Å². The van der Waals surface area contributed by atoms with E-state index in [1.54, 1.807) is 0 Å². The summed E-state index contributed by atoms with van der Waals surface area (Å²) < 4.78 is 10.7. The highest BCUT2D eigenvalue weighted by Crippen LogP contribution is 2.22. The molecule has 1 saturated heterocycles. The maximum atomic E-state index is 5.43. The van der Waals surface area contributed by atoms with Crippen LogP contribution in [0.15, 0.2) is 15.1 Å². The zero-order valence-corrected chi connectivity index (χ0v) is 14.3. The van der Waals surface area contributed by atoms with Gasteiger partial charge in [0.1, 0.15) is 0 Å². The number of piperazine rings is 1. The highest BCUT2D eigenvalue weighted by molar-refractivity contribution is 5.03. The van der Waals surface area contributed by atoms with Crippen LogP contribution in [0.2, 0.25) is 0 Å². The van der Waals surface area contributed by atoms with Gasteiger partial charge in [-0.1, -0.05) is 24.2 Å². The number of rotatable bonds is 5. The average Bonchev–Trinajstić information content (AvgIpc) is 3.17. The van der Waals surface area contributed by atoms with Crippen molar-refractivity contribution in [2.45, 2.75) is 46.2 Å². The minimum Gasteiger partial charge on any atom is -0.360 e. The van der Waals surface area contributed by atoms with Crippen LogP contribution in [0.5, 0.6) is 0 Å². The Morgan fingerprint density at radius 3 is 2.39 bits per heavy atom. The molecule has 0 amide bonds. The third-order valence-corrected chi connectivity index (χ3v) is 4.34. The molecule has 1 aliphatic rings. The minimum atomic E-state index is 0.157. The smallest absolute Gasteiger partial charge is 0.243 e. The first-order valence-electron chi connectivity index (χ1n) is 8.25. The Morgan fingerprint density at radius 2 is 1.83 bits per heavy atom. The summed E-state index contributed by atoms with van der Waals surface area (Å²) >= 11 is 0. The number of hydrogen-bond acceptors (Lipinski definition) is 7. The van der Waals surface area contributed by atoms with Crippen molar-refractivity contribution in [2.24, 2.45) is 0 Å². The number of aryl methyl sites for hydroxylation is 1. The molecule has 7 heteroatoms. The SMILES string of the molecule is Cc1cc(CN2CCN(C(C)c3nc(C(C)C)no3)CC2)on1. The zero-order chi connectivity index (χ0) is 16.4. The van der Waals surface area contributed by atoms with Gasteiger partial charge in [-0.25, -0.2) is 0 Å². The maximum absolute atomic E-state index is 5.43. The van der Waals surface area contributed by atoms with Crippen LogP contribution in [0.3, 0.4) is 0 Å². The van der Waals surface area contributed by atoms with Crippen LogP contribution < -0.4 is 0 Å². The first kappa shape index (κ1) is 16.1. The van der Waals surface area contributed by atoms with Crippen LogP contribution in [-0.2, 0) is 6.54 Å². The van der Waals surface area contributed by atoms with Gasteiger partial charge in [-0.3, -0.25) is 9.80 Å². The molecule has 0 spiro atoms. The third kappa shape index (κ3) is 3.79. The molecule has 23 heavy (non-hydrogen) atoms. The molecule has 3 heterocycles. The van der Waals surface area contributed by atoms with E-state index >= 15 is 0 Å². The summed E-state index contributed by atoms with van der Waals surface area (Å²) in [6.07, 6.45) is 0. The largest absolute Gasteiger partial charge is 0.360 e. The standard InChI is InChI=1S/C16H25N5O2/c1-11(2)15-17-16(23-19-15)13(4)21-7-5-20(6-8-21)10-14-9-12(3)18-22-14/h9,11,13H,5-8,10H2,1-4H3. The molecule has 0 N–H and O–H groups in total. The summed E-state index contributed by atoms with van der Waals surface area (Å²) in [7, 11) is 0. The molecule has 0 bridgehead atoms. The fourth-order valence-electron chi connectivity index (χ4n) is 2.83. The molecule has 2 aromatic heterocycles. The van der Waals surface area contributed by atoms with Gasteiger partial charge in [0.15, 0.2) is 11.6 Å². The lowest BCUT2D eigenvalue weighted by Crippen LogP contribution is -2.46. The van der Waals surface area contributed by atoms with Crippen LogP contribution in [0.4, 0.5) is 0 Å². The average molecular weight is 319 g/mol. The van der Waals surface area contributed by atoms with E-state index in [1.807, 2.05) is 13.0 Å². The Labute approximate surface area is 136 Å². The monoisotopic (exact) mass is 319 g/mol. The van der Waals surface area contributed by atoms with Crippen LogP contribution >= 0.6 is 0 Å². The predicted molar refractivity (Wildman–Crippen MR) is 84.9 cm³/mol. The van der Waals surface area contributed by atoms with Gasteiger partial charge in [-0.15, -0.1) is 0 Å². The maximum Gasteiger partial charge on any atom is 0.243 e. The summed E-state index contributed by atoms with van der Waals surface area (Å²) in [5, 5.41) is 8.00. The van der Waals surface area contributed by atoms with E-state index in [4.69, 9.17) is 9.05 Å². The van der Waals surface area contributed by atoms with E-state index in [1.165, 1.54) is 0 Å². The van der Waals surface area contributed by atoms with Crippen molar-refractivity contribution in [3.63, 3.8) is 0 Å². The molecule has 1 fully saturated rings. The second-order valence-electron chi connectivity index (χ2n) is 6.57. The number of nitrogens with zero attached hydrogens (tertiary/aromatic N) is 5. The van der Waals surface area contributed by atoms with E-state index in [-0.39, 0.29) is 6.04 Å². The quantitative estimate of drug-likeness (QED) is 0.837. The Morgan fingerprint density at radius 1 is 1.09 bits per heavy atom. The van der Waals surface area contributed by atoms with Crippen LogP contribution in [0.25, 0.3) is 0 Å². The van der Waals surface area contributed by atoms with Crippen molar-refractivity contribution < 1.29 is 9.05 Å². The summed E-state index contributed by atoms with van der Waals surface area (Å²) in [4.78, 5) is 9.29. The number of aromatic nitrogens is 3. The highest BCUT2D eigenvalue weighted by Gasteiger charge is 2.26. The van der Waals surface area contributed by atoms with E-state index in [0.717, 1.165) is 50.0 Å². The van der Waals surface area contributed by atoms with Gasteiger partial charge in [0.2, 0.25) is 5.89 Å². The summed E-state index contributed by atoms with van der Waals surface area (Å²) in [5.74, 6) is 2.73. The predicted octanol–water partition coefficient (Wildman–Crippen LogP) is 2.37. The molecule has 0 aliphatic carbocycles. The van der Waals surface area contributed by atoms with Gasteiger partial charge in [-0.05, 0) is 13.8 Å². The molecule has 3 rings (SSSR count). The summed E-state index contributed by atoms with van der Waals surface area (Å²) in [6, 6.07) is 2.16. The van der Waals surface area contributed by atoms with Crippen LogP contribution in [0, 0.1) is 6.92 Å². The van der Waals surface area contributed by atoms with Gasteiger partial charge >= 0.3 is 0 Å². The summed E-state index contributed by atoms with van der Waals surface area (Å²) in [5.41, 5.74) is 0.935. The zero-order valence-electron chi connectivity index (χ0n) is 14.3. The molecule has 7 nitrogen and oxygen atoms in total. The Kier molecular flexibility index (Phi) is 4.77. The normalized spacial score (nSPS) is 18.7. The van der Waals surface area contributed by atoms with Crippen molar-refractivity contribution in [1.82, 2.24) is 25.1 Å². The third-order valence-electron chi connectivity index (χ3n) is 4.34. The van der Waals surface area contributed by atoms with E-state index in [2.05, 4.69) is 45.9 Å². The Hall–Kier alpha value is -1.73. The molecular formula is C16H25N5O2. The second kappa shape index (κ2) is 6.80. The first-order chi connectivity index (χ1) is 11.0. The van der Waals surface area contributed by atoms with E-state index in [9.17, 15) is 0 Å². The fraction of sp³-hybridized carbons (Fsp3) is 0.688. The lowest BCUT2D eigenvalue weighted by Gasteiger charge is -2.36. The lowest BCUT2D eigenvalue weighted by atomic mass is 10.2. The van der Waals surface area contributed by atoms with Gasteiger partial charge in [-0.2, -0.15) is 4.98 Å². The van der Waals surface area contributed by atoms with Crippen molar-refractivity contribution in [3.05, 3.63) is 29.2 Å². The molecule has 0 saturated carbocycles. The molecule has 126 valence electrons. The second-order valence-corrected chi connectivity index (χ2v) is 6.57. The van der Waals surface area contributed by atoms with E-state index in [0.29, 0.717) is 11.8 Å². The van der Waals surface area contributed by atoms with Crippen molar-refractivity contribution >= 4 is 0 Å². The fourth-order valence-corrected chi connectivity index (χ4v) is 2.83. The van der Waals surface area contributed by atoms with Crippen LogP contribution in [-0.4, -0.2) is 51.3 Å². The van der Waals surface area contributed by atoms with Gasteiger partial charge < -0.3 is 9.05 Å². The Bertz CT molecular complexity index is 628. The topological polar surface area (TPSA) is 71.4 Å². The van der Waals surface area contributed by atoms with Crippen LogP contribution in [0.1, 0.15) is 55.9 Å². The molecule has 0 radical (unpaired) electrons. The molecular weight excluding hydrogens is 294 g/mol. The summed E-state index contributed by atoms with van der Waals surface area (Å²) in [6.45, 7) is 13.0. The molecule has 2 aromatic rings. The molecule has 1 atom stereocenters. The number of hydrogen-bond donors (Lipinski definition) is 0. The van der Waals surface area contributed by atoms with E-state index < -0.39 is 0 Å². The molecule has 0 aromatic carbocycles. The molecule has 1 unspecified atom stereocenters. The minimum absolute atomic E-state index is 0.157. The highest BCUT2D eigenvalue weighted by atomic mass is 16.5. The lowest BCUT2D eigenvalue weighted by molar-refractivity contribution is 0.0795. The first-order valence-corrected chi connectivity index (χ1v) is 8.25. The Balaban J connectivity index is 1.53.